The number of alkyl halides is 15. The van der Waals surface area contributed by atoms with Gasteiger partial charge in [-0.3, -0.25) is 0 Å². The van der Waals surface area contributed by atoms with E-state index in [9.17, 15) is 110 Å². The van der Waals surface area contributed by atoms with Crippen LogP contribution in [-0.2, 0) is 30.9 Å². The fourth-order valence-corrected chi connectivity index (χ4v) is 8.72. The summed E-state index contributed by atoms with van der Waals surface area (Å²) in [6.45, 7) is 22.0. The molecule has 0 spiro atoms. The van der Waals surface area contributed by atoms with Crippen molar-refractivity contribution in [1.82, 2.24) is 0 Å². The highest BCUT2D eigenvalue weighted by atomic mass is 127. The molecule has 0 heterocycles. The van der Waals surface area contributed by atoms with E-state index in [1.54, 1.807) is 51.1 Å². The molecule has 10 aromatic carbocycles. The van der Waals surface area contributed by atoms with Gasteiger partial charge < -0.3 is 0 Å². The Bertz CT molecular complexity index is 4130. The third kappa shape index (κ3) is 35.7. The summed E-state index contributed by atoms with van der Waals surface area (Å²) < 4.78 is 307. The molecule has 0 N–H and O–H groups in total. The van der Waals surface area contributed by atoms with Crippen LogP contribution >= 0.6 is 45.2 Å². The van der Waals surface area contributed by atoms with Crippen LogP contribution < -0.4 is 0 Å². The molecule has 0 atom stereocenters. The molecule has 0 aromatic heterocycles. The second kappa shape index (κ2) is 42.9. The zero-order chi connectivity index (χ0) is 81.0. The Morgan fingerprint density at radius 2 is 0.657 bits per heavy atom. The van der Waals surface area contributed by atoms with Gasteiger partial charge in [0.25, 0.3) is 0 Å². The van der Waals surface area contributed by atoms with E-state index < -0.39 is 87.8 Å². The van der Waals surface area contributed by atoms with Crippen LogP contribution in [0.1, 0.15) is 100 Å². The molecule has 0 radical (unpaired) electrons. The summed E-state index contributed by atoms with van der Waals surface area (Å²) >= 11 is 4.27. The van der Waals surface area contributed by atoms with E-state index >= 15 is 0 Å². The third-order valence-electron chi connectivity index (χ3n) is 14.0. The lowest BCUT2D eigenvalue weighted by molar-refractivity contribution is -0.140. The molecule has 10 rings (SSSR count). The molecular weight excluding hydrogens is 1670 g/mol. The fraction of sp³-hybridized carbons (Fsp3) is 0.231. The molecule has 0 saturated carbocycles. The molecule has 10 aromatic rings. The van der Waals surface area contributed by atoms with Gasteiger partial charge in [-0.15, -0.1) is 0 Å². The van der Waals surface area contributed by atoms with Crippen molar-refractivity contribution in [3.8, 4) is 0 Å². The molecule has 0 aliphatic carbocycles. The monoisotopic (exact) mass is 1730 g/mol. The summed E-state index contributed by atoms with van der Waals surface area (Å²) in [6, 6.07) is 38.5. The predicted octanol–water partition coefficient (Wildman–Crippen LogP) is 28.6. The molecule has 0 aliphatic heterocycles. The van der Waals surface area contributed by atoms with Crippen LogP contribution in [0.4, 0.5) is 110 Å². The van der Waals surface area contributed by atoms with E-state index in [1.807, 2.05) is 52.8 Å². The van der Waals surface area contributed by atoms with Gasteiger partial charge in [-0.05, 0) is 329 Å². The van der Waals surface area contributed by atoms with E-state index in [-0.39, 0.29) is 45.8 Å². The van der Waals surface area contributed by atoms with Gasteiger partial charge in [0.2, 0.25) is 0 Å². The van der Waals surface area contributed by atoms with Crippen molar-refractivity contribution in [2.45, 2.75) is 121 Å². The minimum absolute atomic E-state index is 0.00447. The lowest BCUT2D eigenvalue weighted by Crippen LogP contribution is -2.08. The summed E-state index contributed by atoms with van der Waals surface area (Å²) in [5.74, 6) is -5.80. The maximum Gasteiger partial charge on any atom is 0.419 e. The van der Waals surface area contributed by atoms with Crippen molar-refractivity contribution < 1.29 is 110 Å². The molecular formula is C78H69F25I2. The van der Waals surface area contributed by atoms with Gasteiger partial charge in [0, 0.05) is 7.14 Å². The zero-order valence-corrected chi connectivity index (χ0v) is 62.3. The van der Waals surface area contributed by atoms with Gasteiger partial charge in [-0.25, -0.2) is 43.9 Å². The van der Waals surface area contributed by atoms with E-state index in [0.29, 0.717) is 22.8 Å². The molecule has 0 unspecified atom stereocenters. The Hall–Kier alpha value is -8.09. The number of rotatable bonds is 0. The zero-order valence-electron chi connectivity index (χ0n) is 58.0. The standard InChI is InChI=1S/5C8H6F4.3C8H9F.2C7H6FI/c1-5-2-6(8(10,11)12)4-7(9)3-5;1-5-4-6(8(10,11)12)2-3-7(5)9;1-5-2-3-7(9)6(4-5)8(10,11)12;1-5-2-3-6(7(9)4-5)8(10,11)12;1-5-3-2-4-6(7(5)9)8(10,11)12;2*1-6-3-4-8(9)5-7(6)2;1-6-4-3-5-8(9)7(6)2;1-5-4-6(9)2-3-7(5)8;1-5-6(8)3-2-4-7(5)9/h5*2-4H,1H3;3*3-5H,1-2H3;2*2-4H,1H3. The quantitative estimate of drug-likeness (QED) is 0.105. The minimum atomic E-state index is -4.60. The van der Waals surface area contributed by atoms with Crippen LogP contribution in [0, 0.1) is 155 Å². The van der Waals surface area contributed by atoms with Crippen molar-refractivity contribution >= 4 is 45.2 Å². The van der Waals surface area contributed by atoms with Gasteiger partial charge in [0.1, 0.15) is 58.2 Å². The molecule has 105 heavy (non-hydrogen) atoms. The van der Waals surface area contributed by atoms with E-state index in [2.05, 4.69) is 45.2 Å². The number of hydrogen-bond donors (Lipinski definition) is 0. The van der Waals surface area contributed by atoms with Crippen molar-refractivity contribution in [3.63, 3.8) is 0 Å². The topological polar surface area (TPSA) is 0 Å². The summed E-state index contributed by atoms with van der Waals surface area (Å²) in [6.07, 6.45) is -22.7. The first-order chi connectivity index (χ1) is 48.1. The summed E-state index contributed by atoms with van der Waals surface area (Å²) in [5, 5.41) is 0. The summed E-state index contributed by atoms with van der Waals surface area (Å²) in [7, 11) is 0. The van der Waals surface area contributed by atoms with Crippen LogP contribution in [0.5, 0.6) is 0 Å². The molecule has 27 heteroatoms. The number of aryl methyl sites for hydroxylation is 11. The van der Waals surface area contributed by atoms with E-state index in [4.69, 9.17) is 0 Å². The van der Waals surface area contributed by atoms with Crippen molar-refractivity contribution in [2.24, 2.45) is 0 Å². The Morgan fingerprint density at radius 3 is 1.03 bits per heavy atom. The van der Waals surface area contributed by atoms with Crippen molar-refractivity contribution in [1.29, 1.82) is 0 Å². The van der Waals surface area contributed by atoms with Crippen LogP contribution in [-0.4, -0.2) is 0 Å². The SMILES string of the molecule is Cc1c(F)cccc1I.Cc1cc(C(F)(F)F)ccc1F.Cc1cc(F)cc(C(F)(F)F)c1.Cc1cc(I)ccc1F.Cc1ccc(C(F)(F)F)c(F)c1.Cc1ccc(F)c(C(F)(F)F)c1.Cc1ccc(F)cc1C.Cc1ccc(F)cc1C.Cc1cccc(C(F)(F)F)c1F.Cc1cccc(F)c1C. The second-order valence-electron chi connectivity index (χ2n) is 22.8. The summed E-state index contributed by atoms with van der Waals surface area (Å²) in [4.78, 5) is 0. The first-order valence-corrected chi connectivity index (χ1v) is 32.4. The van der Waals surface area contributed by atoms with Crippen LogP contribution in [0.2, 0.25) is 0 Å². The van der Waals surface area contributed by atoms with Gasteiger partial charge in [0.05, 0.1) is 27.8 Å². The Morgan fingerprint density at radius 1 is 0.229 bits per heavy atom. The fourth-order valence-electron chi connectivity index (χ4n) is 7.61. The van der Waals surface area contributed by atoms with Crippen LogP contribution in [0.15, 0.2) is 182 Å². The highest BCUT2D eigenvalue weighted by Gasteiger charge is 2.36. The molecule has 0 nitrogen and oxygen atoms in total. The first kappa shape index (κ1) is 94.9. The largest absolute Gasteiger partial charge is 0.419 e. The molecule has 0 amide bonds. The highest BCUT2D eigenvalue weighted by molar-refractivity contribution is 14.1. The molecule has 0 fully saturated rings. The molecule has 0 aliphatic rings. The number of hydrogen-bond acceptors (Lipinski definition) is 0. The lowest BCUT2D eigenvalue weighted by atomic mass is 10.1. The third-order valence-corrected chi connectivity index (χ3v) is 15.8. The Labute approximate surface area is 619 Å². The maximum absolute atomic E-state index is 12.8. The van der Waals surface area contributed by atoms with E-state index in [1.165, 1.54) is 101 Å². The maximum atomic E-state index is 12.8. The number of benzene rings is 10. The first-order valence-electron chi connectivity index (χ1n) is 30.2. The average molecular weight is 1740 g/mol. The van der Waals surface area contributed by atoms with Gasteiger partial charge in [-0.1, -0.05) is 60.2 Å². The van der Waals surface area contributed by atoms with Crippen LogP contribution in [0.3, 0.4) is 0 Å². The molecule has 0 bridgehead atoms. The van der Waals surface area contributed by atoms with Gasteiger partial charge >= 0.3 is 30.9 Å². The van der Waals surface area contributed by atoms with Gasteiger partial charge in [0.15, 0.2) is 0 Å². The smallest absolute Gasteiger partial charge is 0.207 e. The molecule has 0 saturated heterocycles. The van der Waals surface area contributed by atoms with Crippen molar-refractivity contribution in [3.05, 3.63) is 347 Å². The minimum Gasteiger partial charge on any atom is -0.207 e. The average Bonchev–Trinajstić information content (AvgIpc) is 0.842. The normalized spacial score (nSPS) is 10.9. The lowest BCUT2D eigenvalue weighted by Gasteiger charge is -2.08. The highest BCUT2D eigenvalue weighted by Crippen LogP contribution is 2.35. The van der Waals surface area contributed by atoms with Crippen molar-refractivity contribution in [2.75, 3.05) is 0 Å². The molecule has 570 valence electrons. The number of halogens is 27. The van der Waals surface area contributed by atoms with Crippen LogP contribution in [0.25, 0.3) is 0 Å². The second-order valence-corrected chi connectivity index (χ2v) is 25.2. The Kier molecular flexibility index (Phi) is 38.8. The van der Waals surface area contributed by atoms with Gasteiger partial charge in [-0.2, -0.15) is 65.9 Å². The predicted molar refractivity (Wildman–Crippen MR) is 376 cm³/mol. The van der Waals surface area contributed by atoms with E-state index in [0.717, 1.165) is 107 Å². The summed E-state index contributed by atoms with van der Waals surface area (Å²) in [5.41, 5.74) is 3.24. The Balaban J connectivity index is 0.000000585.